The largest absolute Gasteiger partial charge is 0.481 e. The second-order valence-electron chi connectivity index (χ2n) is 7.30. The van der Waals surface area contributed by atoms with Crippen LogP contribution in [0.25, 0.3) is 0 Å². The Balaban J connectivity index is 1.34. The zero-order valence-corrected chi connectivity index (χ0v) is 13.7. The average molecular weight is 324 g/mol. The van der Waals surface area contributed by atoms with E-state index < -0.39 is 5.97 Å². The van der Waals surface area contributed by atoms with E-state index >= 15 is 0 Å². The van der Waals surface area contributed by atoms with Gasteiger partial charge in [-0.1, -0.05) is 0 Å². The smallest absolute Gasteiger partial charge is 0.317 e. The molecule has 6 nitrogen and oxygen atoms in total. The molecule has 2 saturated carbocycles. The fourth-order valence-corrected chi connectivity index (χ4v) is 3.53. The molecule has 0 aromatic heterocycles. The number of carbonyl (C=O) groups is 2. The number of urea groups is 1. The van der Waals surface area contributed by atoms with Crippen LogP contribution in [0.4, 0.5) is 4.79 Å². The lowest BCUT2D eigenvalue weighted by molar-refractivity contribution is -0.142. The summed E-state index contributed by atoms with van der Waals surface area (Å²) < 4.78 is 5.91. The van der Waals surface area contributed by atoms with Crippen LogP contribution in [-0.4, -0.2) is 53.8 Å². The van der Waals surface area contributed by atoms with Crippen molar-refractivity contribution in [3.63, 3.8) is 0 Å². The van der Waals surface area contributed by atoms with Gasteiger partial charge in [-0.3, -0.25) is 4.79 Å². The summed E-state index contributed by atoms with van der Waals surface area (Å²) in [6.45, 7) is 2.40. The fraction of sp³-hybridized carbons (Fsp3) is 0.882. The Morgan fingerprint density at radius 1 is 1.00 bits per heavy atom. The summed E-state index contributed by atoms with van der Waals surface area (Å²) in [6.07, 6.45) is 7.64. The van der Waals surface area contributed by atoms with Crippen LogP contribution >= 0.6 is 0 Å². The monoisotopic (exact) mass is 324 g/mol. The lowest BCUT2D eigenvalue weighted by Gasteiger charge is -2.34. The molecule has 0 bridgehead atoms. The Hall–Kier alpha value is -1.30. The molecule has 2 amide bonds. The molecule has 130 valence electrons. The summed E-state index contributed by atoms with van der Waals surface area (Å²) in [4.78, 5) is 25.2. The van der Waals surface area contributed by atoms with Gasteiger partial charge in [-0.15, -0.1) is 0 Å². The number of nitrogens with one attached hydrogen (secondary N) is 1. The van der Waals surface area contributed by atoms with Gasteiger partial charge in [0.2, 0.25) is 0 Å². The SMILES string of the molecule is O=C(O)C1CCC(NC(=O)N2CCC(OCC3CC3)CC2)CC1. The second-order valence-corrected chi connectivity index (χ2v) is 7.30. The van der Waals surface area contributed by atoms with Gasteiger partial charge in [-0.2, -0.15) is 0 Å². The fourth-order valence-electron chi connectivity index (χ4n) is 3.53. The molecule has 3 rings (SSSR count). The standard InChI is InChI=1S/C17H28N2O4/c20-16(21)13-3-5-14(6-4-13)18-17(22)19-9-7-15(8-10-19)23-11-12-1-2-12/h12-15H,1-11H2,(H,18,22)(H,20,21). The molecule has 0 spiro atoms. The number of hydrogen-bond acceptors (Lipinski definition) is 3. The second kappa shape index (κ2) is 7.51. The molecule has 23 heavy (non-hydrogen) atoms. The normalized spacial score (nSPS) is 29.3. The number of carboxylic acid groups (broad SMARTS) is 1. The van der Waals surface area contributed by atoms with Gasteiger partial charge >= 0.3 is 12.0 Å². The van der Waals surface area contributed by atoms with Crippen LogP contribution in [-0.2, 0) is 9.53 Å². The van der Waals surface area contributed by atoms with Gasteiger partial charge in [0, 0.05) is 25.7 Å². The van der Waals surface area contributed by atoms with Crippen LogP contribution in [0.15, 0.2) is 0 Å². The van der Waals surface area contributed by atoms with Gasteiger partial charge < -0.3 is 20.1 Å². The van der Waals surface area contributed by atoms with Gasteiger partial charge in [-0.05, 0) is 57.3 Å². The lowest BCUT2D eigenvalue weighted by atomic mass is 9.86. The summed E-state index contributed by atoms with van der Waals surface area (Å²) in [5, 5.41) is 12.1. The summed E-state index contributed by atoms with van der Waals surface area (Å²) in [6, 6.07) is 0.131. The third-order valence-corrected chi connectivity index (χ3v) is 5.40. The topological polar surface area (TPSA) is 78.9 Å². The van der Waals surface area contributed by atoms with Crippen LogP contribution in [0.5, 0.6) is 0 Å². The van der Waals surface area contributed by atoms with Gasteiger partial charge in [0.1, 0.15) is 0 Å². The maximum absolute atomic E-state index is 12.3. The first-order valence-electron chi connectivity index (χ1n) is 9.01. The number of nitrogens with zero attached hydrogens (tertiary/aromatic N) is 1. The zero-order chi connectivity index (χ0) is 16.2. The van der Waals surface area contributed by atoms with E-state index in [2.05, 4.69) is 5.32 Å². The molecule has 6 heteroatoms. The first-order chi connectivity index (χ1) is 11.1. The third kappa shape index (κ3) is 4.83. The molecule has 1 aliphatic heterocycles. The average Bonchev–Trinajstić information content (AvgIpc) is 3.38. The van der Waals surface area contributed by atoms with Crippen LogP contribution in [0.2, 0.25) is 0 Å². The first kappa shape index (κ1) is 16.6. The van der Waals surface area contributed by atoms with E-state index in [1.807, 2.05) is 4.90 Å². The van der Waals surface area contributed by atoms with E-state index in [1.54, 1.807) is 0 Å². The van der Waals surface area contributed by atoms with Crippen LogP contribution in [0.3, 0.4) is 0 Å². The first-order valence-corrected chi connectivity index (χ1v) is 9.01. The molecule has 1 saturated heterocycles. The molecular weight excluding hydrogens is 296 g/mol. The Bertz CT molecular complexity index is 422. The Kier molecular flexibility index (Phi) is 5.41. The number of piperidine rings is 1. The van der Waals surface area contributed by atoms with Gasteiger partial charge in [-0.25, -0.2) is 4.79 Å². The van der Waals surface area contributed by atoms with Crippen LogP contribution < -0.4 is 5.32 Å². The van der Waals surface area contributed by atoms with Crippen molar-refractivity contribution in [1.29, 1.82) is 0 Å². The minimum Gasteiger partial charge on any atom is -0.481 e. The minimum atomic E-state index is -0.706. The van der Waals surface area contributed by atoms with E-state index in [4.69, 9.17) is 9.84 Å². The lowest BCUT2D eigenvalue weighted by Crippen LogP contribution is -2.49. The highest BCUT2D eigenvalue weighted by molar-refractivity contribution is 5.74. The van der Waals surface area contributed by atoms with Crippen LogP contribution in [0.1, 0.15) is 51.4 Å². The molecule has 3 aliphatic rings. The molecular formula is C17H28N2O4. The Morgan fingerprint density at radius 3 is 2.22 bits per heavy atom. The Morgan fingerprint density at radius 2 is 1.65 bits per heavy atom. The van der Waals surface area contributed by atoms with Crippen molar-refractivity contribution < 1.29 is 19.4 Å². The number of hydrogen-bond donors (Lipinski definition) is 2. The van der Waals surface area contributed by atoms with Crippen molar-refractivity contribution in [3.8, 4) is 0 Å². The zero-order valence-electron chi connectivity index (χ0n) is 13.7. The number of carbonyl (C=O) groups excluding carboxylic acids is 1. The minimum absolute atomic E-state index is 0.00409. The molecule has 2 N–H and O–H groups in total. The maximum atomic E-state index is 12.3. The van der Waals surface area contributed by atoms with E-state index in [9.17, 15) is 9.59 Å². The van der Waals surface area contributed by atoms with Crippen molar-refractivity contribution in [3.05, 3.63) is 0 Å². The number of carboxylic acids is 1. The van der Waals surface area contributed by atoms with Crippen molar-refractivity contribution in [2.24, 2.45) is 11.8 Å². The number of likely N-dealkylation sites (tertiary alicyclic amines) is 1. The molecule has 0 atom stereocenters. The summed E-state index contributed by atoms with van der Waals surface area (Å²) in [5.41, 5.74) is 0. The van der Waals surface area contributed by atoms with Gasteiger partial charge in [0.25, 0.3) is 0 Å². The van der Waals surface area contributed by atoms with Crippen LogP contribution in [0, 0.1) is 11.8 Å². The molecule has 2 aliphatic carbocycles. The molecule has 3 fully saturated rings. The summed E-state index contributed by atoms with van der Waals surface area (Å²) >= 11 is 0. The highest BCUT2D eigenvalue weighted by Gasteiger charge is 2.30. The predicted octanol–water partition coefficient (Wildman–Crippen LogP) is 2.23. The van der Waals surface area contributed by atoms with Gasteiger partial charge in [0.05, 0.1) is 12.0 Å². The molecule has 0 aromatic rings. The third-order valence-electron chi connectivity index (χ3n) is 5.40. The molecule has 0 unspecified atom stereocenters. The van der Waals surface area contributed by atoms with Crippen molar-refractivity contribution in [1.82, 2.24) is 10.2 Å². The van der Waals surface area contributed by atoms with Crippen molar-refractivity contribution in [2.45, 2.75) is 63.5 Å². The van der Waals surface area contributed by atoms with Crippen molar-refractivity contribution >= 4 is 12.0 Å². The van der Waals surface area contributed by atoms with E-state index in [0.717, 1.165) is 51.3 Å². The van der Waals surface area contributed by atoms with Gasteiger partial charge in [0.15, 0.2) is 0 Å². The molecule has 0 aromatic carbocycles. The number of aliphatic carboxylic acids is 1. The quantitative estimate of drug-likeness (QED) is 0.813. The summed E-state index contributed by atoms with van der Waals surface area (Å²) in [5.74, 6) is -0.150. The predicted molar refractivity (Wildman–Crippen MR) is 85.2 cm³/mol. The Labute approximate surface area is 137 Å². The molecule has 0 radical (unpaired) electrons. The van der Waals surface area contributed by atoms with Crippen molar-refractivity contribution in [2.75, 3.05) is 19.7 Å². The number of amides is 2. The molecule has 1 heterocycles. The number of ether oxygens (including phenoxy) is 1. The highest BCUT2D eigenvalue weighted by atomic mass is 16.5. The van der Waals surface area contributed by atoms with E-state index in [0.29, 0.717) is 18.9 Å². The van der Waals surface area contributed by atoms with E-state index in [1.165, 1.54) is 12.8 Å². The summed E-state index contributed by atoms with van der Waals surface area (Å²) in [7, 11) is 0. The number of rotatable bonds is 5. The highest BCUT2D eigenvalue weighted by Crippen LogP contribution is 2.30. The van der Waals surface area contributed by atoms with E-state index in [-0.39, 0.29) is 18.0 Å². The maximum Gasteiger partial charge on any atom is 0.317 e.